The Labute approximate surface area is 96.2 Å². The average Bonchev–Trinajstić information content (AvgIpc) is 2.78. The Morgan fingerprint density at radius 2 is 2.20 bits per heavy atom. The van der Waals surface area contributed by atoms with Crippen molar-refractivity contribution < 1.29 is 0 Å². The summed E-state index contributed by atoms with van der Waals surface area (Å²) in [5, 5.41) is 9.32. The van der Waals surface area contributed by atoms with Crippen molar-refractivity contribution in [3.05, 3.63) is 35.5 Å². The van der Waals surface area contributed by atoms with Crippen molar-refractivity contribution in [3.63, 3.8) is 0 Å². The average molecular weight is 264 g/mol. The van der Waals surface area contributed by atoms with Gasteiger partial charge in [0.05, 0.1) is 17.9 Å². The lowest BCUT2D eigenvalue weighted by molar-refractivity contribution is 0.674. The van der Waals surface area contributed by atoms with Gasteiger partial charge in [0.2, 0.25) is 0 Å². The standard InChI is InChI=1S/C11H10BrN3/c12-6-5-10-11-9-4-2-1-3-8(9)7-15(11)14-13-10/h1-4H,5-7H2. The molecule has 3 nitrogen and oxygen atoms in total. The van der Waals surface area contributed by atoms with E-state index in [1.54, 1.807) is 0 Å². The summed E-state index contributed by atoms with van der Waals surface area (Å²) < 4.78 is 1.99. The quantitative estimate of drug-likeness (QED) is 0.664. The largest absolute Gasteiger partial charge is 0.240 e. The molecule has 0 N–H and O–H groups in total. The summed E-state index contributed by atoms with van der Waals surface area (Å²) >= 11 is 3.44. The first kappa shape index (κ1) is 9.09. The first-order valence-electron chi connectivity index (χ1n) is 4.97. The maximum Gasteiger partial charge on any atom is 0.0925 e. The molecule has 1 aliphatic heterocycles. The van der Waals surface area contributed by atoms with E-state index in [1.807, 2.05) is 4.68 Å². The lowest BCUT2D eigenvalue weighted by Crippen LogP contribution is -1.94. The Balaban J connectivity index is 2.16. The van der Waals surface area contributed by atoms with Crippen LogP contribution in [0.1, 0.15) is 11.3 Å². The number of hydrogen-bond donors (Lipinski definition) is 0. The maximum absolute atomic E-state index is 4.21. The van der Waals surface area contributed by atoms with Crippen molar-refractivity contribution in [1.82, 2.24) is 15.0 Å². The SMILES string of the molecule is BrCCc1nnn2c1-c1ccccc1C2. The zero-order valence-corrected chi connectivity index (χ0v) is 9.74. The van der Waals surface area contributed by atoms with Crippen molar-refractivity contribution in [2.45, 2.75) is 13.0 Å². The molecular weight excluding hydrogens is 254 g/mol. The van der Waals surface area contributed by atoms with Crippen LogP contribution in [-0.2, 0) is 13.0 Å². The van der Waals surface area contributed by atoms with E-state index in [4.69, 9.17) is 0 Å². The van der Waals surface area contributed by atoms with Gasteiger partial charge in [0, 0.05) is 17.3 Å². The molecule has 2 aromatic rings. The molecule has 4 heteroatoms. The van der Waals surface area contributed by atoms with Gasteiger partial charge in [-0.25, -0.2) is 4.68 Å². The molecule has 15 heavy (non-hydrogen) atoms. The Kier molecular flexibility index (Phi) is 2.09. The molecule has 0 fully saturated rings. The molecule has 0 saturated carbocycles. The molecule has 0 aliphatic carbocycles. The van der Waals surface area contributed by atoms with Crippen LogP contribution >= 0.6 is 15.9 Å². The molecule has 0 saturated heterocycles. The summed E-state index contributed by atoms with van der Waals surface area (Å²) in [6, 6.07) is 8.44. The number of aryl methyl sites for hydroxylation is 1. The van der Waals surface area contributed by atoms with Crippen molar-refractivity contribution in [1.29, 1.82) is 0 Å². The van der Waals surface area contributed by atoms with E-state index in [0.717, 1.165) is 24.0 Å². The number of halogens is 1. The molecule has 0 amide bonds. The zero-order chi connectivity index (χ0) is 10.3. The number of aromatic nitrogens is 3. The third-order valence-corrected chi connectivity index (χ3v) is 3.13. The van der Waals surface area contributed by atoms with Crippen LogP contribution in [0.25, 0.3) is 11.3 Å². The Bertz CT molecular complexity index is 504. The number of hydrogen-bond acceptors (Lipinski definition) is 2. The van der Waals surface area contributed by atoms with Gasteiger partial charge < -0.3 is 0 Å². The monoisotopic (exact) mass is 263 g/mol. The van der Waals surface area contributed by atoms with Crippen molar-refractivity contribution in [3.8, 4) is 11.3 Å². The normalized spacial score (nSPS) is 12.6. The second-order valence-corrected chi connectivity index (χ2v) is 4.43. The molecule has 0 spiro atoms. The van der Waals surface area contributed by atoms with Crippen molar-refractivity contribution >= 4 is 15.9 Å². The first-order valence-corrected chi connectivity index (χ1v) is 6.09. The number of nitrogens with zero attached hydrogens (tertiary/aromatic N) is 3. The summed E-state index contributed by atoms with van der Waals surface area (Å²) in [5.41, 5.74) is 4.93. The van der Waals surface area contributed by atoms with Gasteiger partial charge in [0.1, 0.15) is 0 Å². The smallest absolute Gasteiger partial charge is 0.0925 e. The fourth-order valence-electron chi connectivity index (χ4n) is 2.06. The summed E-state index contributed by atoms with van der Waals surface area (Å²) in [6.45, 7) is 0.862. The topological polar surface area (TPSA) is 30.7 Å². The van der Waals surface area contributed by atoms with E-state index < -0.39 is 0 Å². The van der Waals surface area contributed by atoms with Crippen LogP contribution in [0, 0.1) is 0 Å². The van der Waals surface area contributed by atoms with Crippen LogP contribution in [0.5, 0.6) is 0 Å². The van der Waals surface area contributed by atoms with Gasteiger partial charge in [0.15, 0.2) is 0 Å². The van der Waals surface area contributed by atoms with Crippen LogP contribution in [0.2, 0.25) is 0 Å². The van der Waals surface area contributed by atoms with Gasteiger partial charge in [-0.3, -0.25) is 0 Å². The van der Waals surface area contributed by atoms with Crippen LogP contribution < -0.4 is 0 Å². The summed E-state index contributed by atoms with van der Waals surface area (Å²) in [4.78, 5) is 0. The molecule has 1 aliphatic rings. The predicted molar refractivity (Wildman–Crippen MR) is 62.1 cm³/mol. The Morgan fingerprint density at radius 3 is 3.07 bits per heavy atom. The van der Waals surface area contributed by atoms with Crippen LogP contribution in [0.3, 0.4) is 0 Å². The van der Waals surface area contributed by atoms with E-state index >= 15 is 0 Å². The minimum absolute atomic E-state index is 0.862. The van der Waals surface area contributed by atoms with Crippen molar-refractivity contribution in [2.75, 3.05) is 5.33 Å². The molecule has 1 aromatic carbocycles. The molecule has 0 bridgehead atoms. The van der Waals surface area contributed by atoms with Gasteiger partial charge >= 0.3 is 0 Å². The van der Waals surface area contributed by atoms with Gasteiger partial charge in [-0.1, -0.05) is 45.4 Å². The zero-order valence-electron chi connectivity index (χ0n) is 8.15. The molecule has 0 radical (unpaired) electrons. The van der Waals surface area contributed by atoms with Gasteiger partial charge in [-0.05, 0) is 5.56 Å². The lowest BCUT2D eigenvalue weighted by atomic mass is 10.1. The highest BCUT2D eigenvalue weighted by atomic mass is 79.9. The Hall–Kier alpha value is -1.16. The van der Waals surface area contributed by atoms with E-state index in [1.165, 1.54) is 16.8 Å². The van der Waals surface area contributed by atoms with Crippen LogP contribution in [0.15, 0.2) is 24.3 Å². The number of alkyl halides is 1. The summed E-state index contributed by atoms with van der Waals surface area (Å²) in [5.74, 6) is 0. The van der Waals surface area contributed by atoms with E-state index in [9.17, 15) is 0 Å². The number of fused-ring (bicyclic) bond motifs is 3. The highest BCUT2D eigenvalue weighted by Gasteiger charge is 2.22. The fraction of sp³-hybridized carbons (Fsp3) is 0.273. The van der Waals surface area contributed by atoms with Gasteiger partial charge in [-0.2, -0.15) is 0 Å². The highest BCUT2D eigenvalue weighted by Crippen LogP contribution is 2.32. The third kappa shape index (κ3) is 1.32. The lowest BCUT2D eigenvalue weighted by Gasteiger charge is -1.98. The van der Waals surface area contributed by atoms with E-state index in [0.29, 0.717) is 0 Å². The second kappa shape index (κ2) is 3.45. The first-order chi connectivity index (χ1) is 7.40. The maximum atomic E-state index is 4.21. The highest BCUT2D eigenvalue weighted by molar-refractivity contribution is 9.09. The molecule has 1 aromatic heterocycles. The molecule has 2 heterocycles. The van der Waals surface area contributed by atoms with Gasteiger partial charge in [-0.15, -0.1) is 5.10 Å². The molecule has 0 unspecified atom stereocenters. The Morgan fingerprint density at radius 1 is 1.33 bits per heavy atom. The molecular formula is C11H10BrN3. The van der Waals surface area contributed by atoms with Crippen LogP contribution in [-0.4, -0.2) is 20.3 Å². The predicted octanol–water partition coefficient (Wildman–Crippen LogP) is 2.24. The van der Waals surface area contributed by atoms with E-state index in [-0.39, 0.29) is 0 Å². The third-order valence-electron chi connectivity index (χ3n) is 2.73. The number of benzene rings is 1. The van der Waals surface area contributed by atoms with Crippen LogP contribution in [0.4, 0.5) is 0 Å². The minimum Gasteiger partial charge on any atom is -0.240 e. The fourth-order valence-corrected chi connectivity index (χ4v) is 2.44. The van der Waals surface area contributed by atoms with E-state index in [2.05, 4.69) is 50.5 Å². The minimum atomic E-state index is 0.862. The molecule has 3 rings (SSSR count). The van der Waals surface area contributed by atoms with Gasteiger partial charge in [0.25, 0.3) is 0 Å². The summed E-state index contributed by atoms with van der Waals surface area (Å²) in [7, 11) is 0. The number of rotatable bonds is 2. The summed E-state index contributed by atoms with van der Waals surface area (Å²) in [6.07, 6.45) is 0.934. The van der Waals surface area contributed by atoms with Crippen molar-refractivity contribution in [2.24, 2.45) is 0 Å². The molecule has 76 valence electrons. The molecule has 0 atom stereocenters. The second-order valence-electron chi connectivity index (χ2n) is 3.64.